The first kappa shape index (κ1) is 22.2. The Morgan fingerprint density at radius 2 is 1.60 bits per heavy atom. The highest BCUT2D eigenvalue weighted by atomic mass is 32.2. The number of aryl methyl sites for hydroxylation is 1. The van der Waals surface area contributed by atoms with E-state index >= 15 is 0 Å². The lowest BCUT2D eigenvalue weighted by atomic mass is 10.1. The van der Waals surface area contributed by atoms with Crippen LogP contribution in [0.4, 0.5) is 5.69 Å². The van der Waals surface area contributed by atoms with Crippen molar-refractivity contribution in [2.75, 3.05) is 18.0 Å². The normalized spacial score (nSPS) is 15.3. The Hall–Kier alpha value is -2.54. The van der Waals surface area contributed by atoms with E-state index in [-0.39, 0.29) is 23.4 Å². The Labute approximate surface area is 179 Å². The summed E-state index contributed by atoms with van der Waals surface area (Å²) in [6.07, 6.45) is 6.44. The van der Waals surface area contributed by atoms with Gasteiger partial charge in [0, 0.05) is 6.04 Å². The Morgan fingerprint density at radius 1 is 1.00 bits per heavy atom. The number of nitrogens with one attached hydrogen (secondary N) is 1. The Morgan fingerprint density at radius 3 is 2.17 bits per heavy atom. The third-order valence-corrected chi connectivity index (χ3v) is 7.26. The lowest BCUT2D eigenvalue weighted by Gasteiger charge is -2.25. The van der Waals surface area contributed by atoms with E-state index in [1.165, 1.54) is 17.1 Å². The van der Waals surface area contributed by atoms with Crippen LogP contribution >= 0.6 is 0 Å². The highest BCUT2D eigenvalue weighted by Crippen LogP contribution is 2.26. The van der Waals surface area contributed by atoms with Crippen molar-refractivity contribution in [2.24, 2.45) is 0 Å². The van der Waals surface area contributed by atoms with E-state index in [1.807, 2.05) is 6.92 Å². The number of rotatable bonds is 7. The molecule has 30 heavy (non-hydrogen) atoms. The second kappa shape index (κ2) is 9.98. The number of hydrogen-bond donors (Lipinski definition) is 1. The number of hydrogen-bond acceptors (Lipinski definition) is 4. The lowest BCUT2D eigenvalue weighted by molar-refractivity contribution is -0.120. The fourth-order valence-electron chi connectivity index (χ4n) is 3.73. The molecule has 0 heterocycles. The van der Waals surface area contributed by atoms with Crippen LogP contribution in [0.2, 0.25) is 0 Å². The van der Waals surface area contributed by atoms with Crippen molar-refractivity contribution >= 4 is 21.6 Å². The summed E-state index contributed by atoms with van der Waals surface area (Å²) < 4.78 is 33.1. The van der Waals surface area contributed by atoms with Gasteiger partial charge in [0.15, 0.2) is 0 Å². The average molecular weight is 431 g/mol. The van der Waals surface area contributed by atoms with E-state index < -0.39 is 10.0 Å². The van der Waals surface area contributed by atoms with Gasteiger partial charge in [-0.15, -0.1) is 0 Å². The molecule has 2 aromatic carbocycles. The van der Waals surface area contributed by atoms with Crippen molar-refractivity contribution in [1.82, 2.24) is 5.32 Å². The number of amides is 1. The van der Waals surface area contributed by atoms with Gasteiger partial charge in [-0.25, -0.2) is 8.42 Å². The van der Waals surface area contributed by atoms with Gasteiger partial charge in [0.05, 0.1) is 17.7 Å². The van der Waals surface area contributed by atoms with Crippen LogP contribution in [0.1, 0.15) is 44.1 Å². The first-order valence-corrected chi connectivity index (χ1v) is 11.9. The van der Waals surface area contributed by atoms with Crippen molar-refractivity contribution in [3.05, 3.63) is 54.1 Å². The molecular weight excluding hydrogens is 400 g/mol. The minimum absolute atomic E-state index is 0.111. The fraction of sp³-hybridized carbons (Fsp3) is 0.435. The van der Waals surface area contributed by atoms with Gasteiger partial charge in [-0.3, -0.25) is 9.10 Å². The first-order valence-electron chi connectivity index (χ1n) is 10.4. The molecule has 6 nitrogen and oxygen atoms in total. The van der Waals surface area contributed by atoms with E-state index in [0.29, 0.717) is 11.4 Å². The zero-order chi connectivity index (χ0) is 21.6. The molecule has 0 saturated heterocycles. The van der Waals surface area contributed by atoms with Crippen molar-refractivity contribution in [2.45, 2.75) is 56.4 Å². The molecule has 0 atom stereocenters. The monoisotopic (exact) mass is 430 g/mol. The number of anilines is 1. The molecule has 1 fully saturated rings. The van der Waals surface area contributed by atoms with Gasteiger partial charge in [-0.05, 0) is 56.2 Å². The van der Waals surface area contributed by atoms with Gasteiger partial charge < -0.3 is 10.1 Å². The van der Waals surface area contributed by atoms with Crippen LogP contribution in [0.15, 0.2) is 53.4 Å². The molecule has 0 unspecified atom stereocenters. The maximum Gasteiger partial charge on any atom is 0.264 e. The quantitative estimate of drug-likeness (QED) is 0.673. The van der Waals surface area contributed by atoms with Crippen LogP contribution in [0.3, 0.4) is 0 Å². The van der Waals surface area contributed by atoms with E-state index in [9.17, 15) is 13.2 Å². The molecule has 162 valence electrons. The van der Waals surface area contributed by atoms with Crippen molar-refractivity contribution in [3.8, 4) is 5.75 Å². The largest absolute Gasteiger partial charge is 0.497 e. The molecule has 1 saturated carbocycles. The molecular formula is C23H30N2O4S. The predicted octanol–water partition coefficient (Wildman–Crippen LogP) is 4.04. The van der Waals surface area contributed by atoms with Crippen LogP contribution in [-0.4, -0.2) is 34.0 Å². The summed E-state index contributed by atoms with van der Waals surface area (Å²) >= 11 is 0. The van der Waals surface area contributed by atoms with Crippen LogP contribution in [0, 0.1) is 6.92 Å². The standard InChI is InChI=1S/C23H30N2O4S/c1-18-9-15-22(16-10-18)30(27,28)25(20-11-13-21(29-2)14-12-20)17-23(26)24-19-7-5-3-4-6-8-19/h9-16,19H,3-8,17H2,1-2H3,(H,24,26). The molecule has 1 N–H and O–H groups in total. The summed E-state index contributed by atoms with van der Waals surface area (Å²) in [6.45, 7) is 1.64. The number of methoxy groups -OCH3 is 1. The number of carbonyl (C=O) groups excluding carboxylic acids is 1. The zero-order valence-electron chi connectivity index (χ0n) is 17.6. The molecule has 2 aromatic rings. The number of sulfonamides is 1. The van der Waals surface area contributed by atoms with Gasteiger partial charge in [0.25, 0.3) is 10.0 Å². The zero-order valence-corrected chi connectivity index (χ0v) is 18.5. The van der Waals surface area contributed by atoms with Gasteiger partial charge in [-0.2, -0.15) is 0 Å². The number of nitrogens with zero attached hydrogens (tertiary/aromatic N) is 1. The highest BCUT2D eigenvalue weighted by molar-refractivity contribution is 7.92. The molecule has 1 aliphatic carbocycles. The van der Waals surface area contributed by atoms with Gasteiger partial charge in [0.1, 0.15) is 12.3 Å². The van der Waals surface area contributed by atoms with E-state index in [2.05, 4.69) is 5.32 Å². The summed E-state index contributed by atoms with van der Waals surface area (Å²) in [6, 6.07) is 13.5. The lowest BCUT2D eigenvalue weighted by Crippen LogP contribution is -2.44. The predicted molar refractivity (Wildman–Crippen MR) is 118 cm³/mol. The molecule has 0 aromatic heterocycles. The molecule has 1 amide bonds. The maximum atomic E-state index is 13.4. The summed E-state index contributed by atoms with van der Waals surface area (Å²) in [5.74, 6) is 0.336. The second-order valence-corrected chi connectivity index (χ2v) is 9.64. The van der Waals surface area contributed by atoms with E-state index in [1.54, 1.807) is 55.6 Å². The van der Waals surface area contributed by atoms with Crippen molar-refractivity contribution < 1.29 is 17.9 Å². The van der Waals surface area contributed by atoms with Crippen molar-refractivity contribution in [3.63, 3.8) is 0 Å². The molecule has 3 rings (SSSR count). The van der Waals surface area contributed by atoms with Gasteiger partial charge in [0.2, 0.25) is 5.91 Å². The smallest absolute Gasteiger partial charge is 0.264 e. The maximum absolute atomic E-state index is 13.4. The summed E-state index contributed by atoms with van der Waals surface area (Å²) in [4.78, 5) is 13.0. The average Bonchev–Trinajstić information content (AvgIpc) is 3.01. The van der Waals surface area contributed by atoms with Crippen molar-refractivity contribution in [1.29, 1.82) is 0 Å². The van der Waals surface area contributed by atoms with E-state index in [0.717, 1.165) is 31.2 Å². The second-order valence-electron chi connectivity index (χ2n) is 7.78. The highest BCUT2D eigenvalue weighted by Gasteiger charge is 2.28. The molecule has 7 heteroatoms. The Balaban J connectivity index is 1.86. The molecule has 0 aliphatic heterocycles. The molecule has 0 spiro atoms. The SMILES string of the molecule is COc1ccc(N(CC(=O)NC2CCCCCC2)S(=O)(=O)c2ccc(C)cc2)cc1. The number of carbonyl (C=O) groups is 1. The Kier molecular flexibility index (Phi) is 7.37. The van der Waals surface area contributed by atoms with Crippen LogP contribution < -0.4 is 14.4 Å². The first-order chi connectivity index (χ1) is 14.4. The molecule has 0 radical (unpaired) electrons. The van der Waals surface area contributed by atoms with Crippen LogP contribution in [0.25, 0.3) is 0 Å². The molecule has 0 bridgehead atoms. The third kappa shape index (κ3) is 5.53. The van der Waals surface area contributed by atoms with Crippen LogP contribution in [0.5, 0.6) is 5.75 Å². The summed E-state index contributed by atoms with van der Waals surface area (Å²) in [5.41, 5.74) is 1.39. The number of ether oxygens (including phenoxy) is 1. The molecule has 1 aliphatic rings. The van der Waals surface area contributed by atoms with Crippen LogP contribution in [-0.2, 0) is 14.8 Å². The van der Waals surface area contributed by atoms with Gasteiger partial charge in [-0.1, -0.05) is 43.4 Å². The Bertz CT molecular complexity index is 932. The summed E-state index contributed by atoms with van der Waals surface area (Å²) in [7, 11) is -2.35. The van der Waals surface area contributed by atoms with Gasteiger partial charge >= 0.3 is 0 Å². The minimum atomic E-state index is -3.90. The van der Waals surface area contributed by atoms with E-state index in [4.69, 9.17) is 4.74 Å². The third-order valence-electron chi connectivity index (χ3n) is 5.48. The topological polar surface area (TPSA) is 75.7 Å². The summed E-state index contributed by atoms with van der Waals surface area (Å²) in [5, 5.41) is 3.04. The minimum Gasteiger partial charge on any atom is -0.497 e. The fourth-order valence-corrected chi connectivity index (χ4v) is 5.15. The number of benzene rings is 2.